The van der Waals surface area contributed by atoms with Gasteiger partial charge in [-0.2, -0.15) is 0 Å². The zero-order valence-corrected chi connectivity index (χ0v) is 10.3. The van der Waals surface area contributed by atoms with Gasteiger partial charge in [0.25, 0.3) is 0 Å². The number of hydrogen-bond donors (Lipinski definition) is 0. The minimum Gasteiger partial charge on any atom is -0.130 e. The lowest BCUT2D eigenvalue weighted by molar-refractivity contribution is 1.20. The molecule has 1 heteroatoms. The van der Waals surface area contributed by atoms with E-state index in [0.29, 0.717) is 0 Å². The van der Waals surface area contributed by atoms with Crippen molar-refractivity contribution in [1.82, 2.24) is 0 Å². The SMILES string of the molecule is C=C(C)C1=CC=C(C)C(C)=CC1.CCl. The van der Waals surface area contributed by atoms with Crippen molar-refractivity contribution >= 4 is 11.6 Å². The van der Waals surface area contributed by atoms with E-state index in [1.54, 1.807) is 0 Å². The van der Waals surface area contributed by atoms with Crippen LogP contribution in [0.15, 0.2) is 47.1 Å². The van der Waals surface area contributed by atoms with E-state index in [1.165, 1.54) is 28.7 Å². The number of halogens is 1. The largest absolute Gasteiger partial charge is 0.130 e. The van der Waals surface area contributed by atoms with Crippen molar-refractivity contribution in [1.29, 1.82) is 0 Å². The summed E-state index contributed by atoms with van der Waals surface area (Å²) < 4.78 is 0. The van der Waals surface area contributed by atoms with Gasteiger partial charge in [0.2, 0.25) is 0 Å². The molecule has 0 saturated heterocycles. The van der Waals surface area contributed by atoms with Gasteiger partial charge in [-0.3, -0.25) is 0 Å². The molecule has 0 spiro atoms. The summed E-state index contributed by atoms with van der Waals surface area (Å²) >= 11 is 4.64. The average Bonchev–Trinajstić information content (AvgIpc) is 2.34. The van der Waals surface area contributed by atoms with Gasteiger partial charge in [0.15, 0.2) is 0 Å². The molecular formula is C13H19Cl. The molecule has 0 heterocycles. The molecule has 0 radical (unpaired) electrons. The first-order valence-electron chi connectivity index (χ1n) is 4.69. The molecule has 0 aromatic rings. The summed E-state index contributed by atoms with van der Waals surface area (Å²) in [6, 6.07) is 0. The molecule has 0 atom stereocenters. The van der Waals surface area contributed by atoms with Crippen LogP contribution in [-0.2, 0) is 0 Å². The molecule has 78 valence electrons. The summed E-state index contributed by atoms with van der Waals surface area (Å²) in [6.45, 7) is 10.3. The molecule has 1 aliphatic carbocycles. The minimum absolute atomic E-state index is 1.02. The molecule has 0 aliphatic heterocycles. The molecule has 0 aromatic heterocycles. The van der Waals surface area contributed by atoms with Crippen LogP contribution in [-0.4, -0.2) is 6.38 Å². The maximum Gasteiger partial charge on any atom is 0.0108 e. The maximum absolute atomic E-state index is 4.64. The number of hydrogen-bond acceptors (Lipinski definition) is 0. The third-order valence-corrected chi connectivity index (χ3v) is 2.33. The van der Waals surface area contributed by atoms with Crippen molar-refractivity contribution in [3.63, 3.8) is 0 Å². The standard InChI is InChI=1S/C12H16.CH3Cl/c1-9(2)12-7-5-10(3)11(4)6-8-12;1-2/h5-7H,1,8H2,2-4H3;1H3. The molecule has 0 amide bonds. The van der Waals surface area contributed by atoms with Crippen LogP contribution in [0.4, 0.5) is 0 Å². The van der Waals surface area contributed by atoms with Crippen LogP contribution in [0.3, 0.4) is 0 Å². The highest BCUT2D eigenvalue weighted by Crippen LogP contribution is 2.20. The van der Waals surface area contributed by atoms with Crippen molar-refractivity contribution in [2.45, 2.75) is 27.2 Å². The fourth-order valence-electron chi connectivity index (χ4n) is 1.17. The van der Waals surface area contributed by atoms with Crippen molar-refractivity contribution < 1.29 is 0 Å². The molecule has 0 saturated carbocycles. The Hall–Kier alpha value is -0.750. The molecule has 0 unspecified atom stereocenters. The predicted octanol–water partition coefficient (Wildman–Crippen LogP) is 4.64. The smallest absolute Gasteiger partial charge is 0.0108 e. The van der Waals surface area contributed by atoms with Crippen LogP contribution in [0.2, 0.25) is 0 Å². The minimum atomic E-state index is 1.02. The first-order chi connectivity index (χ1) is 6.61. The Morgan fingerprint density at radius 1 is 1.21 bits per heavy atom. The number of alkyl halides is 1. The normalized spacial score (nSPS) is 15.4. The van der Waals surface area contributed by atoms with Crippen LogP contribution in [0, 0.1) is 0 Å². The van der Waals surface area contributed by atoms with Gasteiger partial charge in [-0.15, -0.1) is 11.6 Å². The summed E-state index contributed by atoms with van der Waals surface area (Å²) in [7, 11) is 0. The summed E-state index contributed by atoms with van der Waals surface area (Å²) in [4.78, 5) is 0. The van der Waals surface area contributed by atoms with E-state index >= 15 is 0 Å². The van der Waals surface area contributed by atoms with Crippen LogP contribution in [0.5, 0.6) is 0 Å². The van der Waals surface area contributed by atoms with E-state index < -0.39 is 0 Å². The van der Waals surface area contributed by atoms with Gasteiger partial charge in [0, 0.05) is 6.38 Å². The molecule has 0 bridgehead atoms. The van der Waals surface area contributed by atoms with Crippen LogP contribution in [0.1, 0.15) is 27.2 Å². The summed E-state index contributed by atoms with van der Waals surface area (Å²) in [5.74, 6) is 0. The predicted molar refractivity (Wildman–Crippen MR) is 66.8 cm³/mol. The van der Waals surface area contributed by atoms with E-state index in [9.17, 15) is 0 Å². The lowest BCUT2D eigenvalue weighted by Gasteiger charge is -2.00. The van der Waals surface area contributed by atoms with E-state index in [0.717, 1.165) is 6.42 Å². The van der Waals surface area contributed by atoms with Gasteiger partial charge in [0.05, 0.1) is 0 Å². The maximum atomic E-state index is 4.64. The molecule has 14 heavy (non-hydrogen) atoms. The average molecular weight is 211 g/mol. The van der Waals surface area contributed by atoms with Crippen molar-refractivity contribution in [3.8, 4) is 0 Å². The summed E-state index contributed by atoms with van der Waals surface area (Å²) in [6.07, 6.45) is 9.10. The number of rotatable bonds is 1. The first-order valence-corrected chi connectivity index (χ1v) is 5.45. The summed E-state index contributed by atoms with van der Waals surface area (Å²) in [5.41, 5.74) is 5.24. The van der Waals surface area contributed by atoms with E-state index in [-0.39, 0.29) is 0 Å². The Labute approximate surface area is 92.7 Å². The Morgan fingerprint density at radius 2 is 1.79 bits per heavy atom. The van der Waals surface area contributed by atoms with Gasteiger partial charge >= 0.3 is 0 Å². The van der Waals surface area contributed by atoms with Gasteiger partial charge in [-0.1, -0.05) is 36.0 Å². The lowest BCUT2D eigenvalue weighted by atomic mass is 10.1. The van der Waals surface area contributed by atoms with E-state index in [4.69, 9.17) is 0 Å². The number of allylic oxidation sites excluding steroid dienone is 7. The first kappa shape index (κ1) is 13.2. The summed E-state index contributed by atoms with van der Waals surface area (Å²) in [5, 5.41) is 0. The Morgan fingerprint density at radius 3 is 2.29 bits per heavy atom. The zero-order valence-electron chi connectivity index (χ0n) is 9.52. The van der Waals surface area contributed by atoms with Gasteiger partial charge in [0.1, 0.15) is 0 Å². The molecule has 0 nitrogen and oxygen atoms in total. The quantitative estimate of drug-likeness (QED) is 0.553. The second kappa shape index (κ2) is 6.67. The zero-order chi connectivity index (χ0) is 11.1. The second-order valence-electron chi connectivity index (χ2n) is 3.41. The fraction of sp³-hybridized carbons (Fsp3) is 0.385. The Kier molecular flexibility index (Phi) is 6.31. The van der Waals surface area contributed by atoms with Crippen LogP contribution in [0.25, 0.3) is 0 Å². The lowest BCUT2D eigenvalue weighted by Crippen LogP contribution is -1.80. The second-order valence-corrected chi connectivity index (χ2v) is 3.41. The Balaban J connectivity index is 0.000000791. The van der Waals surface area contributed by atoms with E-state index in [1.807, 2.05) is 0 Å². The highest BCUT2D eigenvalue weighted by molar-refractivity contribution is 6.15. The van der Waals surface area contributed by atoms with Crippen LogP contribution < -0.4 is 0 Å². The van der Waals surface area contributed by atoms with Crippen molar-refractivity contribution in [2.75, 3.05) is 6.38 Å². The molecule has 0 fully saturated rings. The third kappa shape index (κ3) is 3.97. The van der Waals surface area contributed by atoms with Gasteiger partial charge < -0.3 is 0 Å². The highest BCUT2D eigenvalue weighted by atomic mass is 35.5. The molecule has 0 N–H and O–H groups in total. The third-order valence-electron chi connectivity index (χ3n) is 2.33. The monoisotopic (exact) mass is 210 g/mol. The molecule has 1 rings (SSSR count). The fourth-order valence-corrected chi connectivity index (χ4v) is 1.17. The topological polar surface area (TPSA) is 0 Å². The highest BCUT2D eigenvalue weighted by Gasteiger charge is 2.00. The van der Waals surface area contributed by atoms with Gasteiger partial charge in [-0.05, 0) is 38.3 Å². The molecule has 0 aromatic carbocycles. The van der Waals surface area contributed by atoms with E-state index in [2.05, 4.69) is 57.2 Å². The molecule has 1 aliphatic rings. The van der Waals surface area contributed by atoms with Crippen molar-refractivity contribution in [3.05, 3.63) is 47.1 Å². The Bertz CT molecular complexity index is 290. The molecular weight excluding hydrogens is 192 g/mol. The van der Waals surface area contributed by atoms with Crippen LogP contribution >= 0.6 is 11.6 Å². The van der Waals surface area contributed by atoms with Crippen molar-refractivity contribution in [2.24, 2.45) is 0 Å². The van der Waals surface area contributed by atoms with Gasteiger partial charge in [-0.25, -0.2) is 0 Å².